The summed E-state index contributed by atoms with van der Waals surface area (Å²) >= 11 is 0. The second-order valence-electron chi connectivity index (χ2n) is 9.34. The van der Waals surface area contributed by atoms with Crippen LogP contribution in [-0.4, -0.2) is 47.8 Å². The van der Waals surface area contributed by atoms with Gasteiger partial charge in [-0.3, -0.25) is 23.5 Å². The lowest BCUT2D eigenvalue weighted by Crippen LogP contribution is -2.46. The van der Waals surface area contributed by atoms with Crippen molar-refractivity contribution < 1.29 is 27.9 Å². The van der Waals surface area contributed by atoms with Crippen molar-refractivity contribution in [2.75, 3.05) is 5.32 Å². The Bertz CT molecular complexity index is 1180. The van der Waals surface area contributed by atoms with Crippen LogP contribution < -0.4 is 10.6 Å². The first-order valence-electron chi connectivity index (χ1n) is 11.3. The van der Waals surface area contributed by atoms with Crippen molar-refractivity contribution >= 4 is 33.9 Å². The summed E-state index contributed by atoms with van der Waals surface area (Å²) < 4.78 is 35.7. The zero-order chi connectivity index (χ0) is 24.9. The number of carbonyl (C=O) groups is 3. The van der Waals surface area contributed by atoms with E-state index in [2.05, 4.69) is 10.6 Å². The number of amides is 2. The molecule has 10 heteroatoms. The van der Waals surface area contributed by atoms with E-state index in [0.29, 0.717) is 35.3 Å². The molecule has 2 atom stereocenters. The van der Waals surface area contributed by atoms with E-state index in [0.717, 1.165) is 12.8 Å². The quantitative estimate of drug-likeness (QED) is 0.371. The van der Waals surface area contributed by atoms with Crippen LogP contribution in [0.2, 0.25) is 0 Å². The molecule has 2 unspecified atom stereocenters. The van der Waals surface area contributed by atoms with Crippen LogP contribution in [0.15, 0.2) is 18.2 Å². The highest BCUT2D eigenvalue weighted by Crippen LogP contribution is 2.63. The maximum absolute atomic E-state index is 13.5. The molecule has 4 N–H and O–H groups in total. The van der Waals surface area contributed by atoms with Gasteiger partial charge >= 0.3 is 0 Å². The molecule has 2 fully saturated rings. The number of nitrogens with zero attached hydrogens (tertiary/aromatic N) is 1. The predicted octanol–water partition coefficient (Wildman–Crippen LogP) is 4.08. The number of hydrogen-bond donors (Lipinski definition) is 4. The molecule has 184 valence electrons. The third kappa shape index (κ3) is 4.14. The number of rotatable bonds is 5. The minimum absolute atomic E-state index is 0.124. The normalized spacial score (nSPS) is 23.9. The summed E-state index contributed by atoms with van der Waals surface area (Å²) in [5.41, 5.74) is 2.13. The molecule has 3 heterocycles. The van der Waals surface area contributed by atoms with E-state index in [1.54, 1.807) is 27.8 Å². The molecule has 2 aliphatic rings. The molecule has 1 aromatic heterocycles. The number of fused-ring (bicyclic) bond motifs is 2. The lowest BCUT2D eigenvalue weighted by atomic mass is 10.1. The number of aromatic nitrogens is 1. The minimum atomic E-state index is -2.63. The first-order chi connectivity index (χ1) is 15.9. The van der Waals surface area contributed by atoms with Gasteiger partial charge in [0.1, 0.15) is 5.82 Å². The van der Waals surface area contributed by atoms with Crippen molar-refractivity contribution in [2.24, 2.45) is 7.05 Å². The minimum Gasteiger partial charge on any atom is -0.346 e. The Hall–Kier alpha value is -2.69. The Balaban J connectivity index is 1.51. The van der Waals surface area contributed by atoms with E-state index in [4.69, 9.17) is 0 Å². The summed E-state index contributed by atoms with van der Waals surface area (Å²) in [6.07, 6.45) is 2.31. The fourth-order valence-electron chi connectivity index (χ4n) is 5.27. The molecule has 2 aromatic rings. The van der Waals surface area contributed by atoms with E-state index in [9.17, 15) is 27.9 Å². The van der Waals surface area contributed by atoms with E-state index in [1.165, 1.54) is 22.8 Å². The van der Waals surface area contributed by atoms with Gasteiger partial charge in [-0.05, 0) is 75.8 Å². The number of carbonyl (C=O) groups excluding carboxylic acids is 3. The first kappa shape index (κ1) is 24.4. The van der Waals surface area contributed by atoms with Crippen molar-refractivity contribution in [3.63, 3.8) is 0 Å². The molecule has 4 rings (SSSR count). The molecule has 2 bridgehead atoms. The number of aryl methyl sites for hydroxylation is 1. The molecular formula is C24H30FN3O5S. The summed E-state index contributed by atoms with van der Waals surface area (Å²) in [6, 6.07) is 3.96. The van der Waals surface area contributed by atoms with Gasteiger partial charge in [0.25, 0.3) is 17.6 Å². The number of hydrogen-bond acceptors (Lipinski definition) is 5. The first-order valence-corrected chi connectivity index (χ1v) is 12.9. The monoisotopic (exact) mass is 491 g/mol. The highest BCUT2D eigenvalue weighted by molar-refractivity contribution is 8.25. The van der Waals surface area contributed by atoms with Gasteiger partial charge in [0, 0.05) is 24.5 Å². The molecule has 34 heavy (non-hydrogen) atoms. The van der Waals surface area contributed by atoms with Gasteiger partial charge in [0.15, 0.2) is 0 Å². The van der Waals surface area contributed by atoms with Crippen LogP contribution in [0, 0.1) is 26.6 Å². The molecule has 0 spiro atoms. The van der Waals surface area contributed by atoms with Crippen molar-refractivity contribution in [1.82, 2.24) is 9.88 Å². The van der Waals surface area contributed by atoms with Crippen LogP contribution in [0.25, 0.3) is 0 Å². The average molecular weight is 492 g/mol. The van der Waals surface area contributed by atoms with Gasteiger partial charge in [-0.15, -0.1) is 0 Å². The highest BCUT2D eigenvalue weighted by atomic mass is 32.3. The van der Waals surface area contributed by atoms with Crippen LogP contribution in [0.3, 0.4) is 0 Å². The molecule has 2 saturated heterocycles. The van der Waals surface area contributed by atoms with Crippen molar-refractivity contribution in [2.45, 2.75) is 63.0 Å². The van der Waals surface area contributed by atoms with Crippen LogP contribution in [0.4, 0.5) is 10.1 Å². The smallest absolute Gasteiger partial charge is 0.294 e. The summed E-state index contributed by atoms with van der Waals surface area (Å²) in [4.78, 5) is 38.9. The molecule has 0 saturated carbocycles. The Morgan fingerprint density at radius 1 is 1.09 bits per heavy atom. The lowest BCUT2D eigenvalue weighted by Gasteiger charge is -2.46. The number of benzene rings is 1. The predicted molar refractivity (Wildman–Crippen MR) is 129 cm³/mol. The van der Waals surface area contributed by atoms with Crippen LogP contribution in [-0.2, 0) is 11.8 Å². The van der Waals surface area contributed by atoms with E-state index in [-0.39, 0.29) is 33.6 Å². The Morgan fingerprint density at radius 2 is 1.71 bits per heavy atom. The molecule has 2 aliphatic heterocycles. The van der Waals surface area contributed by atoms with Gasteiger partial charge in [-0.2, -0.15) is 10.6 Å². The summed E-state index contributed by atoms with van der Waals surface area (Å²) in [6.45, 7) is 4.91. The van der Waals surface area contributed by atoms with Crippen LogP contribution in [0.5, 0.6) is 0 Å². The third-order valence-electron chi connectivity index (χ3n) is 7.22. The fourth-order valence-corrected chi connectivity index (χ4v) is 7.81. The number of halogens is 1. The summed E-state index contributed by atoms with van der Waals surface area (Å²) in [5.74, 6) is -2.35. The number of anilines is 1. The standard InChI is InChI=1S/C24H30FN3O5S/c1-12-9-15(5-8-19(12)25)26-23(30)20-13(2)21(28(4)14(20)3)22(29)24(31)27-16-10-17-6-7-18(11-16)34(17,32)33/h5,8-9,16-18,32-33H,6-7,10-11H2,1-4H3,(H,26,30)(H,27,31). The zero-order valence-corrected chi connectivity index (χ0v) is 20.5. The van der Waals surface area contributed by atoms with Gasteiger partial charge in [-0.25, -0.2) is 4.39 Å². The summed E-state index contributed by atoms with van der Waals surface area (Å²) in [7, 11) is -1.01. The van der Waals surface area contributed by atoms with E-state index >= 15 is 0 Å². The highest BCUT2D eigenvalue weighted by Gasteiger charge is 2.47. The van der Waals surface area contributed by atoms with Gasteiger partial charge in [-0.1, -0.05) is 0 Å². The topological polar surface area (TPSA) is 121 Å². The van der Waals surface area contributed by atoms with Gasteiger partial charge in [0.05, 0.1) is 21.8 Å². The number of nitrogens with one attached hydrogen (secondary N) is 2. The van der Waals surface area contributed by atoms with Gasteiger partial charge < -0.3 is 15.2 Å². The lowest BCUT2D eigenvalue weighted by molar-refractivity contribution is -0.117. The molecule has 2 amide bonds. The van der Waals surface area contributed by atoms with Crippen LogP contribution in [0.1, 0.15) is 63.4 Å². The maximum atomic E-state index is 13.5. The molecular weight excluding hydrogens is 461 g/mol. The fraction of sp³-hybridized carbons (Fsp3) is 0.458. The van der Waals surface area contributed by atoms with Crippen molar-refractivity contribution in [1.29, 1.82) is 0 Å². The van der Waals surface area contributed by atoms with E-state index < -0.39 is 28.2 Å². The van der Waals surface area contributed by atoms with Crippen molar-refractivity contribution in [3.8, 4) is 0 Å². The third-order valence-corrected chi connectivity index (χ3v) is 10.0. The number of Topliss-reactive ketones (excluding diaryl/α,β-unsaturated/α-hetero) is 1. The summed E-state index contributed by atoms with van der Waals surface area (Å²) in [5, 5.41) is 5.02. The molecule has 1 aromatic carbocycles. The largest absolute Gasteiger partial charge is 0.346 e. The molecule has 0 radical (unpaired) electrons. The van der Waals surface area contributed by atoms with Gasteiger partial charge in [0.2, 0.25) is 0 Å². The average Bonchev–Trinajstić information content (AvgIpc) is 3.03. The molecule has 8 nitrogen and oxygen atoms in total. The SMILES string of the molecule is Cc1cc(NC(=O)c2c(C)c(C(=O)C(=O)NC3CC4CCC(C3)S4(O)O)n(C)c2C)ccc1F. The second-order valence-corrected chi connectivity index (χ2v) is 12.0. The molecule has 0 aliphatic carbocycles. The van der Waals surface area contributed by atoms with Crippen LogP contribution >= 0.6 is 10.6 Å². The Kier molecular flexibility index (Phi) is 6.34. The number of ketones is 1. The van der Waals surface area contributed by atoms with Crippen molar-refractivity contribution in [3.05, 3.63) is 52.1 Å². The Labute approximate surface area is 199 Å². The zero-order valence-electron chi connectivity index (χ0n) is 19.6. The van der Waals surface area contributed by atoms with E-state index in [1.807, 2.05) is 0 Å². The maximum Gasteiger partial charge on any atom is 0.294 e. The second kappa shape index (κ2) is 8.83. The Morgan fingerprint density at radius 3 is 2.29 bits per heavy atom.